The van der Waals surface area contributed by atoms with E-state index in [2.05, 4.69) is 10.6 Å². The van der Waals surface area contributed by atoms with Gasteiger partial charge in [-0.3, -0.25) is 0 Å². The SMILES string of the molecule is C1CNC2CNC(C1)C2. The van der Waals surface area contributed by atoms with Gasteiger partial charge in [0, 0.05) is 18.6 Å². The Labute approximate surface area is 56.0 Å². The molecule has 2 fully saturated rings. The van der Waals surface area contributed by atoms with Crippen molar-refractivity contribution in [2.24, 2.45) is 0 Å². The molecule has 0 aromatic carbocycles. The summed E-state index contributed by atoms with van der Waals surface area (Å²) in [7, 11) is 0. The molecule has 2 aliphatic heterocycles. The summed E-state index contributed by atoms with van der Waals surface area (Å²) in [6.07, 6.45) is 4.09. The molecule has 2 aliphatic rings. The van der Waals surface area contributed by atoms with Crippen LogP contribution in [0.5, 0.6) is 0 Å². The van der Waals surface area contributed by atoms with E-state index in [0.29, 0.717) is 0 Å². The van der Waals surface area contributed by atoms with E-state index < -0.39 is 0 Å². The van der Waals surface area contributed by atoms with Crippen molar-refractivity contribution in [1.82, 2.24) is 10.6 Å². The summed E-state index contributed by atoms with van der Waals surface area (Å²) < 4.78 is 0. The van der Waals surface area contributed by atoms with Crippen LogP contribution in [0.15, 0.2) is 0 Å². The zero-order valence-electron chi connectivity index (χ0n) is 5.69. The highest BCUT2D eigenvalue weighted by atomic mass is 15.1. The van der Waals surface area contributed by atoms with Crippen molar-refractivity contribution < 1.29 is 0 Å². The zero-order valence-corrected chi connectivity index (χ0v) is 5.69. The van der Waals surface area contributed by atoms with E-state index in [1.54, 1.807) is 0 Å². The summed E-state index contributed by atoms with van der Waals surface area (Å²) in [6.45, 7) is 2.44. The van der Waals surface area contributed by atoms with Gasteiger partial charge in [-0.25, -0.2) is 0 Å². The molecule has 0 spiro atoms. The number of hydrogen-bond donors (Lipinski definition) is 2. The van der Waals surface area contributed by atoms with Gasteiger partial charge in [-0.1, -0.05) is 0 Å². The quantitative estimate of drug-likeness (QED) is 0.481. The van der Waals surface area contributed by atoms with E-state index >= 15 is 0 Å². The summed E-state index contributed by atoms with van der Waals surface area (Å²) in [6, 6.07) is 1.63. The van der Waals surface area contributed by atoms with Gasteiger partial charge in [0.15, 0.2) is 0 Å². The predicted octanol–water partition coefficient (Wildman–Crippen LogP) is 0.100. The van der Waals surface area contributed by atoms with Crippen LogP contribution in [-0.4, -0.2) is 25.2 Å². The topological polar surface area (TPSA) is 24.1 Å². The number of nitrogens with one attached hydrogen (secondary N) is 2. The van der Waals surface area contributed by atoms with Crippen molar-refractivity contribution in [1.29, 1.82) is 0 Å². The van der Waals surface area contributed by atoms with Gasteiger partial charge in [0.1, 0.15) is 0 Å². The van der Waals surface area contributed by atoms with Crippen LogP contribution in [0.3, 0.4) is 0 Å². The molecule has 0 amide bonds. The molecule has 2 atom stereocenters. The fraction of sp³-hybridized carbons (Fsp3) is 1.00. The molecule has 0 aromatic heterocycles. The molecule has 2 saturated heterocycles. The average Bonchev–Trinajstić information content (AvgIpc) is 2.09. The summed E-state index contributed by atoms with van der Waals surface area (Å²) in [4.78, 5) is 0. The molecule has 2 bridgehead atoms. The number of fused-ring (bicyclic) bond motifs is 2. The molecule has 0 radical (unpaired) electrons. The second-order valence-electron chi connectivity index (χ2n) is 3.13. The predicted molar refractivity (Wildman–Crippen MR) is 37.4 cm³/mol. The first kappa shape index (κ1) is 5.69. The lowest BCUT2D eigenvalue weighted by molar-refractivity contribution is 0.522. The minimum atomic E-state index is 0.789. The Balaban J connectivity index is 1.99. The smallest absolute Gasteiger partial charge is 0.0207 e. The van der Waals surface area contributed by atoms with Crippen LogP contribution in [-0.2, 0) is 0 Å². The van der Waals surface area contributed by atoms with Crippen LogP contribution in [0.25, 0.3) is 0 Å². The molecule has 0 aliphatic carbocycles. The standard InChI is InChI=1S/C7H14N2/c1-2-6-4-7(5-9-6)8-3-1/h6-9H,1-5H2. The maximum absolute atomic E-state index is 3.51. The molecule has 2 unspecified atom stereocenters. The molecular formula is C7H14N2. The van der Waals surface area contributed by atoms with Gasteiger partial charge in [-0.15, -0.1) is 0 Å². The van der Waals surface area contributed by atoms with Gasteiger partial charge in [-0.2, -0.15) is 0 Å². The van der Waals surface area contributed by atoms with Gasteiger partial charge in [0.05, 0.1) is 0 Å². The van der Waals surface area contributed by atoms with Crippen molar-refractivity contribution in [3.8, 4) is 0 Å². The summed E-state index contributed by atoms with van der Waals surface area (Å²) >= 11 is 0. The molecule has 2 heterocycles. The lowest BCUT2D eigenvalue weighted by Gasteiger charge is -2.09. The molecule has 2 heteroatoms. The highest BCUT2D eigenvalue weighted by Crippen LogP contribution is 2.14. The molecule has 2 N–H and O–H groups in total. The van der Waals surface area contributed by atoms with Gasteiger partial charge >= 0.3 is 0 Å². The van der Waals surface area contributed by atoms with Gasteiger partial charge < -0.3 is 10.6 Å². The lowest BCUT2D eigenvalue weighted by Crippen LogP contribution is -2.32. The third kappa shape index (κ3) is 1.10. The largest absolute Gasteiger partial charge is 0.313 e. The van der Waals surface area contributed by atoms with Crippen LogP contribution in [0.2, 0.25) is 0 Å². The Morgan fingerprint density at radius 1 is 1.11 bits per heavy atom. The Morgan fingerprint density at radius 3 is 3.11 bits per heavy atom. The Kier molecular flexibility index (Phi) is 1.44. The van der Waals surface area contributed by atoms with Crippen LogP contribution >= 0.6 is 0 Å². The molecular weight excluding hydrogens is 112 g/mol. The number of hydrogen-bond acceptors (Lipinski definition) is 2. The van der Waals surface area contributed by atoms with E-state index in [1.807, 2.05) is 0 Å². The second kappa shape index (κ2) is 2.27. The molecule has 0 saturated carbocycles. The van der Waals surface area contributed by atoms with Crippen LogP contribution in [0, 0.1) is 0 Å². The molecule has 9 heavy (non-hydrogen) atoms. The molecule has 52 valence electrons. The van der Waals surface area contributed by atoms with E-state index in [1.165, 1.54) is 32.4 Å². The highest BCUT2D eigenvalue weighted by Gasteiger charge is 2.25. The van der Waals surface area contributed by atoms with Crippen LogP contribution < -0.4 is 10.6 Å². The fourth-order valence-corrected chi connectivity index (χ4v) is 1.85. The molecule has 0 aromatic rings. The molecule has 2 rings (SSSR count). The van der Waals surface area contributed by atoms with Crippen molar-refractivity contribution >= 4 is 0 Å². The normalized spacial score (nSPS) is 42.7. The van der Waals surface area contributed by atoms with Crippen molar-refractivity contribution in [2.75, 3.05) is 13.1 Å². The van der Waals surface area contributed by atoms with E-state index in [0.717, 1.165) is 12.1 Å². The maximum Gasteiger partial charge on any atom is 0.0207 e. The van der Waals surface area contributed by atoms with Gasteiger partial charge in [0.2, 0.25) is 0 Å². The monoisotopic (exact) mass is 126 g/mol. The van der Waals surface area contributed by atoms with E-state index in [4.69, 9.17) is 0 Å². The van der Waals surface area contributed by atoms with Gasteiger partial charge in [-0.05, 0) is 25.8 Å². The maximum atomic E-state index is 3.51. The minimum Gasteiger partial charge on any atom is -0.313 e. The Bertz CT molecular complexity index is 91.1. The highest BCUT2D eigenvalue weighted by molar-refractivity contribution is 4.88. The molecule has 2 nitrogen and oxygen atoms in total. The van der Waals surface area contributed by atoms with Crippen molar-refractivity contribution in [3.05, 3.63) is 0 Å². The third-order valence-corrected chi connectivity index (χ3v) is 2.38. The van der Waals surface area contributed by atoms with Crippen molar-refractivity contribution in [3.63, 3.8) is 0 Å². The zero-order chi connectivity index (χ0) is 6.10. The number of rotatable bonds is 0. The average molecular weight is 126 g/mol. The minimum absolute atomic E-state index is 0.789. The fourth-order valence-electron chi connectivity index (χ4n) is 1.85. The van der Waals surface area contributed by atoms with E-state index in [9.17, 15) is 0 Å². The first-order chi connectivity index (χ1) is 4.45. The van der Waals surface area contributed by atoms with Crippen LogP contribution in [0.4, 0.5) is 0 Å². The van der Waals surface area contributed by atoms with Crippen molar-refractivity contribution in [2.45, 2.75) is 31.3 Å². The second-order valence-corrected chi connectivity index (χ2v) is 3.13. The summed E-state index contributed by atoms with van der Waals surface area (Å²) in [5.41, 5.74) is 0. The Hall–Kier alpha value is -0.0800. The first-order valence-corrected chi connectivity index (χ1v) is 3.92. The summed E-state index contributed by atoms with van der Waals surface area (Å²) in [5.74, 6) is 0. The third-order valence-electron chi connectivity index (χ3n) is 2.38. The lowest BCUT2D eigenvalue weighted by atomic mass is 10.1. The Morgan fingerprint density at radius 2 is 2.11 bits per heavy atom. The van der Waals surface area contributed by atoms with Gasteiger partial charge in [0.25, 0.3) is 0 Å². The van der Waals surface area contributed by atoms with Crippen LogP contribution in [0.1, 0.15) is 19.3 Å². The van der Waals surface area contributed by atoms with E-state index in [-0.39, 0.29) is 0 Å². The first-order valence-electron chi connectivity index (χ1n) is 3.92. The summed E-state index contributed by atoms with van der Waals surface area (Å²) in [5, 5.41) is 7.01.